The first-order chi connectivity index (χ1) is 15.6. The van der Waals surface area contributed by atoms with Crippen LogP contribution in [0.1, 0.15) is 56.7 Å². The van der Waals surface area contributed by atoms with E-state index < -0.39 is 11.7 Å². The van der Waals surface area contributed by atoms with Gasteiger partial charge in [-0.15, -0.1) is 0 Å². The summed E-state index contributed by atoms with van der Waals surface area (Å²) >= 11 is 7.80. The summed E-state index contributed by atoms with van der Waals surface area (Å²) in [6.07, 6.45) is 3.53. The molecule has 33 heavy (non-hydrogen) atoms. The molecule has 0 bridgehead atoms. The normalized spacial score (nSPS) is 12.5. The molecular formula is C26H30ClNO4S. The van der Waals surface area contributed by atoms with E-state index >= 15 is 0 Å². The first-order valence-corrected chi connectivity index (χ1v) is 12.7. The highest BCUT2D eigenvalue weighted by molar-refractivity contribution is 7.97. The second-order valence-electron chi connectivity index (χ2n) is 8.79. The maximum absolute atomic E-state index is 13.2. The summed E-state index contributed by atoms with van der Waals surface area (Å²) < 4.78 is 12.6. The van der Waals surface area contributed by atoms with Crippen LogP contribution in [0.3, 0.4) is 0 Å². The van der Waals surface area contributed by atoms with Gasteiger partial charge in [0.15, 0.2) is 0 Å². The van der Waals surface area contributed by atoms with Crippen LogP contribution in [0.25, 0.3) is 10.9 Å². The molecule has 0 amide bonds. The highest BCUT2D eigenvalue weighted by Crippen LogP contribution is 2.37. The number of benzene rings is 2. The van der Waals surface area contributed by atoms with Crippen molar-refractivity contribution in [2.45, 2.75) is 51.4 Å². The lowest BCUT2D eigenvalue weighted by molar-refractivity contribution is -0.143. The van der Waals surface area contributed by atoms with E-state index in [1.165, 1.54) is 0 Å². The summed E-state index contributed by atoms with van der Waals surface area (Å²) in [6, 6.07) is 13.4. The van der Waals surface area contributed by atoms with Crippen molar-refractivity contribution < 1.29 is 19.1 Å². The maximum atomic E-state index is 13.2. The monoisotopic (exact) mass is 487 g/mol. The van der Waals surface area contributed by atoms with E-state index in [9.17, 15) is 9.59 Å². The Labute approximate surface area is 204 Å². The predicted octanol–water partition coefficient (Wildman–Crippen LogP) is 7.03. The number of rotatable bonds is 7. The van der Waals surface area contributed by atoms with E-state index in [1.807, 2.05) is 57.4 Å². The molecule has 0 N–H and O–H groups in total. The van der Waals surface area contributed by atoms with Gasteiger partial charge in [0, 0.05) is 28.3 Å². The van der Waals surface area contributed by atoms with E-state index in [-0.39, 0.29) is 18.3 Å². The summed E-state index contributed by atoms with van der Waals surface area (Å²) in [5.41, 5.74) is 2.99. The van der Waals surface area contributed by atoms with Crippen LogP contribution >= 0.6 is 23.4 Å². The molecule has 0 radical (unpaired) electrons. The first kappa shape index (κ1) is 25.2. The molecule has 1 atom stereocenters. The fourth-order valence-corrected chi connectivity index (χ4v) is 4.55. The van der Waals surface area contributed by atoms with E-state index in [4.69, 9.17) is 21.1 Å². The van der Waals surface area contributed by atoms with Gasteiger partial charge in [-0.1, -0.05) is 41.9 Å². The Hall–Kier alpha value is -2.44. The Kier molecular flexibility index (Phi) is 8.14. The summed E-state index contributed by atoms with van der Waals surface area (Å²) in [7, 11) is 0. The second kappa shape index (κ2) is 10.7. The molecule has 7 heteroatoms. The van der Waals surface area contributed by atoms with Crippen LogP contribution < -0.4 is 0 Å². The minimum absolute atomic E-state index is 0.148. The number of ether oxygens (including phenoxy) is 2. The minimum Gasteiger partial charge on any atom is -0.466 e. The van der Waals surface area contributed by atoms with Crippen molar-refractivity contribution in [2.75, 3.05) is 12.9 Å². The van der Waals surface area contributed by atoms with Crippen molar-refractivity contribution in [1.29, 1.82) is 0 Å². The highest BCUT2D eigenvalue weighted by Gasteiger charge is 2.27. The van der Waals surface area contributed by atoms with Gasteiger partial charge in [-0.25, -0.2) is 4.79 Å². The number of thioether (sulfide) groups is 1. The van der Waals surface area contributed by atoms with Crippen molar-refractivity contribution in [2.24, 2.45) is 0 Å². The van der Waals surface area contributed by atoms with Gasteiger partial charge in [0.05, 0.1) is 18.5 Å². The number of esters is 1. The highest BCUT2D eigenvalue weighted by atomic mass is 35.5. The lowest BCUT2D eigenvalue weighted by atomic mass is 9.88. The zero-order valence-electron chi connectivity index (χ0n) is 19.7. The van der Waals surface area contributed by atoms with Crippen molar-refractivity contribution in [1.82, 2.24) is 4.57 Å². The van der Waals surface area contributed by atoms with Gasteiger partial charge in [0.2, 0.25) is 0 Å². The standard InChI is InChI=1S/C26H30ClNO4S/c1-6-31-23(29)14-21(17-10-12-19(27)13-11-17)22-15-28(25(30)32-26(2,3)4)24-18(16-33-5)8-7-9-20(22)24/h7-13,15,21H,6,14,16H2,1-5H3. The van der Waals surface area contributed by atoms with E-state index in [0.29, 0.717) is 11.6 Å². The van der Waals surface area contributed by atoms with Gasteiger partial charge in [0.1, 0.15) is 5.60 Å². The number of nitrogens with zero attached hydrogens (tertiary/aromatic N) is 1. The Morgan fingerprint density at radius 3 is 2.42 bits per heavy atom. The number of para-hydroxylation sites is 1. The largest absolute Gasteiger partial charge is 0.466 e. The molecule has 0 aliphatic rings. The fraction of sp³-hybridized carbons (Fsp3) is 0.385. The fourth-order valence-electron chi connectivity index (χ4n) is 3.88. The van der Waals surface area contributed by atoms with Gasteiger partial charge >= 0.3 is 12.1 Å². The van der Waals surface area contributed by atoms with Gasteiger partial charge in [-0.05, 0) is 62.8 Å². The van der Waals surface area contributed by atoms with E-state index in [1.54, 1.807) is 41.6 Å². The molecule has 0 aliphatic carbocycles. The summed E-state index contributed by atoms with van der Waals surface area (Å²) in [6.45, 7) is 7.63. The van der Waals surface area contributed by atoms with E-state index in [0.717, 1.165) is 33.3 Å². The lowest BCUT2D eigenvalue weighted by Crippen LogP contribution is -2.27. The Balaban J connectivity index is 2.23. The van der Waals surface area contributed by atoms with Crippen LogP contribution in [-0.2, 0) is 20.0 Å². The molecule has 5 nitrogen and oxygen atoms in total. The predicted molar refractivity (Wildman–Crippen MR) is 135 cm³/mol. The summed E-state index contributed by atoms with van der Waals surface area (Å²) in [4.78, 5) is 25.7. The number of hydrogen-bond donors (Lipinski definition) is 0. The van der Waals surface area contributed by atoms with Crippen LogP contribution in [-0.4, -0.2) is 35.1 Å². The SMILES string of the molecule is CCOC(=O)CC(c1ccc(Cl)cc1)c1cn(C(=O)OC(C)(C)C)c2c(CSC)cccc12. The summed E-state index contributed by atoms with van der Waals surface area (Å²) in [5, 5.41) is 1.53. The molecule has 0 saturated carbocycles. The number of carbonyl (C=O) groups excluding carboxylic acids is 2. The van der Waals surface area contributed by atoms with Crippen LogP contribution in [0.15, 0.2) is 48.7 Å². The second-order valence-corrected chi connectivity index (χ2v) is 10.1. The molecule has 1 heterocycles. The number of fused-ring (bicyclic) bond motifs is 1. The lowest BCUT2D eigenvalue weighted by Gasteiger charge is -2.20. The van der Waals surface area contributed by atoms with Gasteiger partial charge in [-0.3, -0.25) is 9.36 Å². The molecule has 0 fully saturated rings. The number of carbonyl (C=O) groups is 2. The van der Waals surface area contributed by atoms with Crippen LogP contribution in [0.4, 0.5) is 4.79 Å². The van der Waals surface area contributed by atoms with E-state index in [2.05, 4.69) is 0 Å². The average molecular weight is 488 g/mol. The summed E-state index contributed by atoms with van der Waals surface area (Å²) in [5.74, 6) is 0.139. The molecule has 3 rings (SSSR count). The van der Waals surface area contributed by atoms with Crippen molar-refractivity contribution >= 4 is 46.3 Å². The third-order valence-electron chi connectivity index (χ3n) is 5.15. The third kappa shape index (κ3) is 6.12. The Morgan fingerprint density at radius 1 is 1.12 bits per heavy atom. The number of hydrogen-bond acceptors (Lipinski definition) is 5. The van der Waals surface area contributed by atoms with Crippen molar-refractivity contribution in [3.05, 3.63) is 70.4 Å². The molecule has 0 saturated heterocycles. The topological polar surface area (TPSA) is 57.5 Å². The third-order valence-corrected chi connectivity index (χ3v) is 6.01. The van der Waals surface area contributed by atoms with Crippen molar-refractivity contribution in [3.8, 4) is 0 Å². The minimum atomic E-state index is -0.636. The van der Waals surface area contributed by atoms with Gasteiger partial charge in [-0.2, -0.15) is 11.8 Å². The van der Waals surface area contributed by atoms with Gasteiger partial charge in [0.25, 0.3) is 0 Å². The van der Waals surface area contributed by atoms with Crippen LogP contribution in [0.2, 0.25) is 5.02 Å². The molecule has 0 aliphatic heterocycles. The van der Waals surface area contributed by atoms with Crippen LogP contribution in [0.5, 0.6) is 0 Å². The first-order valence-electron chi connectivity index (χ1n) is 10.9. The molecule has 0 spiro atoms. The molecular weight excluding hydrogens is 458 g/mol. The Bertz CT molecular complexity index is 1130. The molecule has 2 aromatic carbocycles. The maximum Gasteiger partial charge on any atom is 0.419 e. The number of aromatic nitrogens is 1. The molecule has 1 aromatic heterocycles. The molecule has 176 valence electrons. The van der Waals surface area contributed by atoms with Gasteiger partial charge < -0.3 is 9.47 Å². The van der Waals surface area contributed by atoms with Crippen LogP contribution in [0, 0.1) is 0 Å². The smallest absolute Gasteiger partial charge is 0.419 e. The van der Waals surface area contributed by atoms with Crippen molar-refractivity contribution in [3.63, 3.8) is 0 Å². The zero-order valence-corrected chi connectivity index (χ0v) is 21.3. The zero-order chi connectivity index (χ0) is 24.2. The Morgan fingerprint density at radius 2 is 1.82 bits per heavy atom. The molecule has 1 unspecified atom stereocenters. The number of halogens is 1. The average Bonchev–Trinajstić information content (AvgIpc) is 3.13. The molecule has 3 aromatic rings. The quantitative estimate of drug-likeness (QED) is 0.335.